The maximum atomic E-state index is 14.0. The van der Waals surface area contributed by atoms with Crippen molar-refractivity contribution < 1.29 is 13.2 Å². The standard InChI is InChI=1S/C24H23ClN8O4S/c1-12-11-31(19-17-16(10-27-20(17)34)28-23(26)29-19)24(12,2)22-30-32-8-7-15(25)18(32)21(35)33(22)13-5-4-6-14(9-13)38(3,36)37/h4-9,12H,10-11H2,1-3H3,(H,27,34)(H2,26,28,29)/t12-,24-/m0/s1. The summed E-state index contributed by atoms with van der Waals surface area (Å²) < 4.78 is 27.5. The van der Waals surface area contributed by atoms with Gasteiger partial charge in [-0.1, -0.05) is 24.6 Å². The molecular formula is C24H23ClN8O4S. The number of carbonyl (C=O) groups excluding carboxylic acids is 1. The number of nitrogens with two attached hydrogens (primary N) is 1. The molecule has 0 spiro atoms. The van der Waals surface area contributed by atoms with Crippen LogP contribution in [0, 0.1) is 5.92 Å². The first-order valence-electron chi connectivity index (χ1n) is 11.7. The number of nitrogens with one attached hydrogen (secondary N) is 1. The van der Waals surface area contributed by atoms with Crippen LogP contribution in [0.3, 0.4) is 0 Å². The van der Waals surface area contributed by atoms with Crippen molar-refractivity contribution in [1.82, 2.24) is 29.5 Å². The van der Waals surface area contributed by atoms with Crippen LogP contribution in [0.5, 0.6) is 0 Å². The van der Waals surface area contributed by atoms with Crippen molar-refractivity contribution in [1.29, 1.82) is 0 Å². The Labute approximate surface area is 222 Å². The Balaban J connectivity index is 1.65. The Morgan fingerprint density at radius 2 is 1.97 bits per heavy atom. The molecule has 2 atom stereocenters. The molecule has 5 heterocycles. The molecule has 38 heavy (non-hydrogen) atoms. The molecule has 6 rings (SSSR count). The van der Waals surface area contributed by atoms with Crippen LogP contribution in [-0.4, -0.2) is 51.3 Å². The molecule has 0 aliphatic carbocycles. The second-order valence-corrected chi connectivity index (χ2v) is 12.2. The number of amides is 1. The number of nitrogens with zero attached hydrogens (tertiary/aromatic N) is 6. The number of carbonyl (C=O) groups is 1. The Hall–Kier alpha value is -3.97. The summed E-state index contributed by atoms with van der Waals surface area (Å²) in [5.74, 6) is 0.320. The van der Waals surface area contributed by atoms with E-state index in [0.29, 0.717) is 35.1 Å². The van der Waals surface area contributed by atoms with Gasteiger partial charge in [0.05, 0.1) is 27.8 Å². The maximum Gasteiger partial charge on any atom is 0.284 e. The maximum absolute atomic E-state index is 14.0. The van der Waals surface area contributed by atoms with Crippen LogP contribution in [0.2, 0.25) is 5.02 Å². The number of aromatic nitrogens is 5. The average Bonchev–Trinajstić information content (AvgIpc) is 3.43. The van der Waals surface area contributed by atoms with E-state index < -0.39 is 20.9 Å². The fourth-order valence-electron chi connectivity index (χ4n) is 5.21. The van der Waals surface area contributed by atoms with Crippen LogP contribution in [0.4, 0.5) is 11.8 Å². The zero-order valence-electron chi connectivity index (χ0n) is 20.6. The summed E-state index contributed by atoms with van der Waals surface area (Å²) in [6, 6.07) is 7.67. The summed E-state index contributed by atoms with van der Waals surface area (Å²) in [6.07, 6.45) is 2.69. The van der Waals surface area contributed by atoms with Gasteiger partial charge < -0.3 is 16.0 Å². The van der Waals surface area contributed by atoms with Gasteiger partial charge in [-0.15, -0.1) is 0 Å². The Kier molecular flexibility index (Phi) is 5.14. The van der Waals surface area contributed by atoms with Gasteiger partial charge in [-0.2, -0.15) is 10.1 Å². The quantitative estimate of drug-likeness (QED) is 0.381. The minimum Gasteiger partial charge on any atom is -0.368 e. The molecule has 1 fully saturated rings. The minimum atomic E-state index is -3.56. The highest BCUT2D eigenvalue weighted by Gasteiger charge is 2.54. The van der Waals surface area contributed by atoms with Gasteiger partial charge in [-0.25, -0.2) is 17.9 Å². The number of anilines is 2. The molecule has 1 aromatic carbocycles. The molecule has 4 aromatic rings. The lowest BCUT2D eigenvalue weighted by Crippen LogP contribution is -2.65. The van der Waals surface area contributed by atoms with Crippen LogP contribution in [0.25, 0.3) is 11.2 Å². The van der Waals surface area contributed by atoms with Crippen LogP contribution >= 0.6 is 11.6 Å². The summed E-state index contributed by atoms with van der Waals surface area (Å²) in [5.41, 5.74) is 5.86. The summed E-state index contributed by atoms with van der Waals surface area (Å²) in [7, 11) is -3.56. The molecular weight excluding hydrogens is 532 g/mol. The van der Waals surface area contributed by atoms with Crippen LogP contribution < -0.4 is 21.5 Å². The van der Waals surface area contributed by atoms with Crippen molar-refractivity contribution in [3.63, 3.8) is 0 Å². The predicted octanol–water partition coefficient (Wildman–Crippen LogP) is 1.53. The number of hydrogen-bond acceptors (Lipinski definition) is 9. The van der Waals surface area contributed by atoms with Crippen LogP contribution in [0.1, 0.15) is 35.7 Å². The largest absolute Gasteiger partial charge is 0.368 e. The fraction of sp³-hybridized carbons (Fsp3) is 0.292. The molecule has 14 heteroatoms. The smallest absolute Gasteiger partial charge is 0.284 e. The van der Waals surface area contributed by atoms with Gasteiger partial charge >= 0.3 is 0 Å². The first kappa shape index (κ1) is 24.4. The van der Waals surface area contributed by atoms with Gasteiger partial charge in [0.25, 0.3) is 11.5 Å². The van der Waals surface area contributed by atoms with E-state index in [1.165, 1.54) is 21.2 Å². The summed E-state index contributed by atoms with van der Waals surface area (Å²) in [6.45, 7) is 4.63. The summed E-state index contributed by atoms with van der Waals surface area (Å²) >= 11 is 6.35. The minimum absolute atomic E-state index is 0.0241. The Morgan fingerprint density at radius 1 is 1.21 bits per heavy atom. The third kappa shape index (κ3) is 3.34. The Morgan fingerprint density at radius 3 is 2.68 bits per heavy atom. The SMILES string of the molecule is C[C@H]1CN(c2nc(N)nc3c2C(=O)NC3)[C@]1(C)c1nn2ccc(Cl)c2c(=O)n1-c1cccc(S(C)(=O)=O)c1. The topological polar surface area (TPSA) is 158 Å². The van der Waals surface area contributed by atoms with E-state index in [4.69, 9.17) is 22.4 Å². The van der Waals surface area contributed by atoms with Crippen LogP contribution in [-0.2, 0) is 21.9 Å². The lowest BCUT2D eigenvalue weighted by atomic mass is 9.75. The number of nitrogen functional groups attached to an aromatic ring is 1. The molecule has 196 valence electrons. The lowest BCUT2D eigenvalue weighted by molar-refractivity contribution is 0.0964. The highest BCUT2D eigenvalue weighted by Crippen LogP contribution is 2.48. The monoisotopic (exact) mass is 554 g/mol. The molecule has 0 bridgehead atoms. The van der Waals surface area contributed by atoms with Gasteiger partial charge in [0.2, 0.25) is 5.95 Å². The number of rotatable bonds is 4. The average molecular weight is 555 g/mol. The van der Waals surface area contributed by atoms with Crippen molar-refractivity contribution in [2.75, 3.05) is 23.4 Å². The molecule has 12 nitrogen and oxygen atoms in total. The van der Waals surface area contributed by atoms with Gasteiger partial charge in [0.1, 0.15) is 22.4 Å². The van der Waals surface area contributed by atoms with Crippen molar-refractivity contribution in [3.05, 3.63) is 69.0 Å². The van der Waals surface area contributed by atoms with Gasteiger partial charge in [0, 0.05) is 24.9 Å². The van der Waals surface area contributed by atoms with Gasteiger partial charge in [-0.3, -0.25) is 14.2 Å². The van der Waals surface area contributed by atoms with E-state index >= 15 is 0 Å². The fourth-order valence-corrected chi connectivity index (χ4v) is 6.10. The van der Waals surface area contributed by atoms with Gasteiger partial charge in [0.15, 0.2) is 15.7 Å². The molecule has 0 unspecified atom stereocenters. The van der Waals surface area contributed by atoms with Crippen LogP contribution in [0.15, 0.2) is 46.2 Å². The molecule has 3 aromatic heterocycles. The van der Waals surface area contributed by atoms with E-state index in [2.05, 4.69) is 15.3 Å². The van der Waals surface area contributed by atoms with Crippen molar-refractivity contribution in [2.45, 2.75) is 30.8 Å². The van der Waals surface area contributed by atoms with Crippen molar-refractivity contribution >= 4 is 44.6 Å². The second kappa shape index (κ2) is 8.01. The van der Waals surface area contributed by atoms with Crippen molar-refractivity contribution in [3.8, 4) is 5.69 Å². The second-order valence-electron chi connectivity index (χ2n) is 9.76. The molecule has 2 aliphatic heterocycles. The number of sulfone groups is 1. The highest BCUT2D eigenvalue weighted by atomic mass is 35.5. The van der Waals surface area contributed by atoms with Crippen molar-refractivity contribution in [2.24, 2.45) is 5.92 Å². The molecule has 0 saturated carbocycles. The number of halogens is 1. The van der Waals surface area contributed by atoms with E-state index in [9.17, 15) is 18.0 Å². The zero-order chi connectivity index (χ0) is 27.1. The lowest BCUT2D eigenvalue weighted by Gasteiger charge is -2.56. The predicted molar refractivity (Wildman–Crippen MR) is 140 cm³/mol. The third-order valence-electron chi connectivity index (χ3n) is 7.45. The van der Waals surface area contributed by atoms with E-state index in [1.807, 2.05) is 18.7 Å². The first-order chi connectivity index (χ1) is 17.9. The molecule has 0 radical (unpaired) electrons. The van der Waals surface area contributed by atoms with E-state index in [1.54, 1.807) is 24.4 Å². The molecule has 1 saturated heterocycles. The number of fused-ring (bicyclic) bond motifs is 2. The third-order valence-corrected chi connectivity index (χ3v) is 8.87. The normalized spacial score (nSPS) is 20.9. The zero-order valence-corrected chi connectivity index (χ0v) is 22.2. The highest BCUT2D eigenvalue weighted by molar-refractivity contribution is 7.90. The molecule has 2 aliphatic rings. The number of hydrogen-bond donors (Lipinski definition) is 2. The Bertz CT molecular complexity index is 1850. The number of benzene rings is 1. The molecule has 1 amide bonds. The summed E-state index contributed by atoms with van der Waals surface area (Å²) in [5, 5.41) is 7.78. The van der Waals surface area contributed by atoms with Gasteiger partial charge in [-0.05, 0) is 31.2 Å². The first-order valence-corrected chi connectivity index (χ1v) is 14.0. The van der Waals surface area contributed by atoms with E-state index in [0.717, 1.165) is 6.26 Å². The van der Waals surface area contributed by atoms with E-state index in [-0.39, 0.29) is 39.8 Å². The summed E-state index contributed by atoms with van der Waals surface area (Å²) in [4.78, 5) is 37.2. The molecule has 3 N–H and O–H groups in total.